The molecule has 1 aliphatic heterocycles. The Balaban J connectivity index is 1.68. The highest BCUT2D eigenvalue weighted by molar-refractivity contribution is 6.08. The molecule has 2 heterocycles. The lowest BCUT2D eigenvalue weighted by Gasteiger charge is -2.45. The molecule has 1 atom stereocenters. The van der Waals surface area contributed by atoms with Gasteiger partial charge in [0.2, 0.25) is 0 Å². The highest BCUT2D eigenvalue weighted by atomic mass is 16.5. The van der Waals surface area contributed by atoms with Gasteiger partial charge in [-0.2, -0.15) is 0 Å². The molecule has 0 radical (unpaired) electrons. The second-order valence-electron chi connectivity index (χ2n) is 9.96. The molecular formula is C26H32N4O2. The van der Waals surface area contributed by atoms with Crippen LogP contribution in [0.3, 0.4) is 0 Å². The third-order valence-corrected chi connectivity index (χ3v) is 7.80. The molecule has 3 aliphatic rings. The van der Waals surface area contributed by atoms with Crippen molar-refractivity contribution >= 4 is 11.9 Å². The van der Waals surface area contributed by atoms with E-state index in [1.54, 1.807) is 12.0 Å². The number of hydrogen-bond donors (Lipinski definition) is 1. The van der Waals surface area contributed by atoms with Crippen LogP contribution in [0.2, 0.25) is 0 Å². The molecule has 1 aromatic carbocycles. The number of carbonyl (C=O) groups excluding carboxylic acids is 1. The van der Waals surface area contributed by atoms with Crippen LogP contribution in [0.1, 0.15) is 56.2 Å². The summed E-state index contributed by atoms with van der Waals surface area (Å²) in [5.74, 6) is 0.368. The number of hydrogen-bond acceptors (Lipinski definition) is 5. The maximum absolute atomic E-state index is 14.2. The number of guanidine groups is 1. The molecule has 0 bridgehead atoms. The van der Waals surface area contributed by atoms with Crippen molar-refractivity contribution < 1.29 is 9.53 Å². The van der Waals surface area contributed by atoms with Crippen molar-refractivity contribution in [3.63, 3.8) is 0 Å². The van der Waals surface area contributed by atoms with Crippen molar-refractivity contribution in [1.82, 2.24) is 9.88 Å². The summed E-state index contributed by atoms with van der Waals surface area (Å²) in [4.78, 5) is 25.3. The maximum Gasteiger partial charge on any atom is 0.262 e. The lowest BCUT2D eigenvalue weighted by Crippen LogP contribution is -2.53. The molecule has 2 aliphatic carbocycles. The van der Waals surface area contributed by atoms with Gasteiger partial charge >= 0.3 is 0 Å². The van der Waals surface area contributed by atoms with Crippen molar-refractivity contribution in [2.24, 2.45) is 16.1 Å². The fourth-order valence-electron chi connectivity index (χ4n) is 6.23. The van der Waals surface area contributed by atoms with Crippen LogP contribution >= 0.6 is 0 Å². The Hall–Kier alpha value is -2.73. The van der Waals surface area contributed by atoms with E-state index in [1.165, 1.54) is 5.56 Å². The molecule has 5 rings (SSSR count). The molecule has 2 aromatic rings. The van der Waals surface area contributed by atoms with Crippen LogP contribution < -0.4 is 5.73 Å². The number of benzene rings is 1. The van der Waals surface area contributed by atoms with E-state index in [-0.39, 0.29) is 23.5 Å². The summed E-state index contributed by atoms with van der Waals surface area (Å²) in [6.45, 7) is 6.04. The number of pyridine rings is 1. The van der Waals surface area contributed by atoms with E-state index in [0.717, 1.165) is 54.4 Å². The number of nitrogens with two attached hydrogens (primary N) is 1. The fraction of sp³-hybridized carbons (Fsp3) is 0.500. The number of aryl methyl sites for hydroxylation is 1. The van der Waals surface area contributed by atoms with Crippen LogP contribution in [0.5, 0.6) is 0 Å². The molecule has 0 saturated heterocycles. The third-order valence-electron chi connectivity index (χ3n) is 7.80. The van der Waals surface area contributed by atoms with Crippen molar-refractivity contribution in [2.75, 3.05) is 7.11 Å². The first kappa shape index (κ1) is 21.1. The average molecular weight is 433 g/mol. The number of aliphatic imine (C=N–C) groups is 1. The SMILES string of the molecule is COC1CCC2(CC1)Cc1ccc(-c3cncc(C)c3)cc1C21N=C(N)N(C(C)C)C1=O. The minimum Gasteiger partial charge on any atom is -0.381 e. The van der Waals surface area contributed by atoms with Gasteiger partial charge in [0.05, 0.1) is 6.10 Å². The van der Waals surface area contributed by atoms with E-state index in [9.17, 15) is 4.79 Å². The number of ether oxygens (including phenoxy) is 1. The molecule has 2 spiro atoms. The topological polar surface area (TPSA) is 80.8 Å². The fourth-order valence-corrected chi connectivity index (χ4v) is 6.23. The zero-order valence-corrected chi connectivity index (χ0v) is 19.4. The molecule has 1 fully saturated rings. The Labute approximate surface area is 189 Å². The van der Waals surface area contributed by atoms with Crippen molar-refractivity contribution in [1.29, 1.82) is 0 Å². The quantitative estimate of drug-likeness (QED) is 0.796. The summed E-state index contributed by atoms with van der Waals surface area (Å²) in [6, 6.07) is 8.59. The van der Waals surface area contributed by atoms with Crippen LogP contribution in [-0.2, 0) is 21.5 Å². The first-order chi connectivity index (χ1) is 15.3. The minimum atomic E-state index is -0.956. The molecule has 168 valence electrons. The van der Waals surface area contributed by atoms with Crippen LogP contribution in [-0.4, -0.2) is 41.0 Å². The van der Waals surface area contributed by atoms with Gasteiger partial charge in [-0.05, 0) is 87.3 Å². The maximum atomic E-state index is 14.2. The number of amides is 1. The van der Waals surface area contributed by atoms with Gasteiger partial charge < -0.3 is 10.5 Å². The smallest absolute Gasteiger partial charge is 0.262 e. The van der Waals surface area contributed by atoms with E-state index in [2.05, 4.69) is 29.2 Å². The Morgan fingerprint density at radius 3 is 2.53 bits per heavy atom. The van der Waals surface area contributed by atoms with Gasteiger partial charge in [-0.3, -0.25) is 14.7 Å². The second kappa shape index (κ2) is 7.41. The average Bonchev–Trinajstić information content (AvgIpc) is 3.20. The van der Waals surface area contributed by atoms with Gasteiger partial charge in [0.1, 0.15) is 0 Å². The minimum absolute atomic E-state index is 0.0270. The van der Waals surface area contributed by atoms with Gasteiger partial charge in [0.25, 0.3) is 5.91 Å². The number of fused-ring (bicyclic) bond motifs is 3. The molecule has 6 heteroatoms. The van der Waals surface area contributed by atoms with Gasteiger partial charge in [0, 0.05) is 36.5 Å². The largest absolute Gasteiger partial charge is 0.381 e. The zero-order chi connectivity index (χ0) is 22.7. The molecule has 2 N–H and O–H groups in total. The lowest BCUT2D eigenvalue weighted by atomic mass is 9.61. The summed E-state index contributed by atoms with van der Waals surface area (Å²) in [5.41, 5.74) is 10.6. The van der Waals surface area contributed by atoms with Gasteiger partial charge in [-0.15, -0.1) is 0 Å². The monoisotopic (exact) mass is 432 g/mol. The number of nitrogens with zero attached hydrogens (tertiary/aromatic N) is 3. The summed E-state index contributed by atoms with van der Waals surface area (Å²) < 4.78 is 5.65. The van der Waals surface area contributed by atoms with Gasteiger partial charge in [-0.25, -0.2) is 4.99 Å². The number of rotatable bonds is 3. The van der Waals surface area contributed by atoms with E-state index >= 15 is 0 Å². The van der Waals surface area contributed by atoms with Crippen molar-refractivity contribution in [3.8, 4) is 11.1 Å². The van der Waals surface area contributed by atoms with Crippen molar-refractivity contribution in [3.05, 3.63) is 53.3 Å². The zero-order valence-electron chi connectivity index (χ0n) is 19.4. The molecule has 32 heavy (non-hydrogen) atoms. The van der Waals surface area contributed by atoms with Crippen LogP contribution in [0.4, 0.5) is 0 Å². The molecule has 1 amide bonds. The van der Waals surface area contributed by atoms with E-state index < -0.39 is 5.54 Å². The highest BCUT2D eigenvalue weighted by Crippen LogP contribution is 2.62. The van der Waals surface area contributed by atoms with Gasteiger partial charge in [0.15, 0.2) is 11.5 Å². The highest BCUT2D eigenvalue weighted by Gasteiger charge is 2.66. The summed E-state index contributed by atoms with van der Waals surface area (Å²) in [7, 11) is 1.78. The first-order valence-electron chi connectivity index (χ1n) is 11.6. The Bertz CT molecular complexity index is 1100. The van der Waals surface area contributed by atoms with Crippen molar-refractivity contribution in [2.45, 2.75) is 70.6 Å². The number of carbonyl (C=O) groups is 1. The summed E-state index contributed by atoms with van der Waals surface area (Å²) >= 11 is 0. The van der Waals surface area contributed by atoms with Gasteiger partial charge in [-0.1, -0.05) is 12.1 Å². The third kappa shape index (κ3) is 2.85. The molecule has 1 unspecified atom stereocenters. The number of methoxy groups -OCH3 is 1. The predicted octanol–water partition coefficient (Wildman–Crippen LogP) is 3.95. The van der Waals surface area contributed by atoms with E-state index in [4.69, 9.17) is 15.5 Å². The molecule has 1 saturated carbocycles. The Kier molecular flexibility index (Phi) is 4.89. The first-order valence-corrected chi connectivity index (χ1v) is 11.6. The Morgan fingerprint density at radius 1 is 1.16 bits per heavy atom. The standard InChI is InChI=1S/C26H32N4O2/c1-16(2)30-23(31)26(29-24(30)27)22-12-18(20-11-17(3)14-28-15-20)5-6-19(22)13-25(26)9-7-21(32-4)8-10-25/h5-6,11-12,14-16,21H,7-10,13H2,1-4H3,(H2,27,29). The summed E-state index contributed by atoms with van der Waals surface area (Å²) in [5, 5.41) is 0. The Morgan fingerprint density at radius 2 is 1.91 bits per heavy atom. The molecular weight excluding hydrogens is 400 g/mol. The molecule has 6 nitrogen and oxygen atoms in total. The second-order valence-corrected chi connectivity index (χ2v) is 9.96. The van der Waals surface area contributed by atoms with Crippen LogP contribution in [0.25, 0.3) is 11.1 Å². The normalized spacial score (nSPS) is 29.3. The number of aromatic nitrogens is 1. The summed E-state index contributed by atoms with van der Waals surface area (Å²) in [6.07, 6.45) is 8.49. The van der Waals surface area contributed by atoms with E-state index in [1.807, 2.05) is 33.2 Å². The van der Waals surface area contributed by atoms with Crippen LogP contribution in [0, 0.1) is 12.3 Å². The predicted molar refractivity (Wildman–Crippen MR) is 125 cm³/mol. The van der Waals surface area contributed by atoms with E-state index in [0.29, 0.717) is 5.96 Å². The lowest BCUT2D eigenvalue weighted by molar-refractivity contribution is -0.139. The molecule has 1 aromatic heterocycles. The van der Waals surface area contributed by atoms with Crippen LogP contribution in [0.15, 0.2) is 41.7 Å².